The average molecular weight is 223 g/mol. The highest BCUT2D eigenvalue weighted by Gasteiger charge is 2.17. The van der Waals surface area contributed by atoms with Gasteiger partial charge in [-0.05, 0) is 31.7 Å². The summed E-state index contributed by atoms with van der Waals surface area (Å²) in [6.45, 7) is 11.8. The minimum Gasteiger partial charge on any atom is -0.327 e. The van der Waals surface area contributed by atoms with Gasteiger partial charge in [0.25, 0.3) is 0 Å². The molecule has 2 N–H and O–H groups in total. The van der Waals surface area contributed by atoms with Crippen molar-refractivity contribution in [2.24, 2.45) is 11.1 Å². The standard InChI is InChI=1S/C13H25N3/c1-6-16-12(7-10(2)15-16)8-11(14)9-13(3,4)5/h7,11H,6,8-9,14H2,1-5H3. The lowest BCUT2D eigenvalue weighted by atomic mass is 9.87. The smallest absolute Gasteiger partial charge is 0.0596 e. The van der Waals surface area contributed by atoms with Crippen molar-refractivity contribution in [2.75, 3.05) is 0 Å². The number of aryl methyl sites for hydroxylation is 2. The van der Waals surface area contributed by atoms with Gasteiger partial charge in [-0.15, -0.1) is 0 Å². The molecule has 3 heteroatoms. The van der Waals surface area contributed by atoms with E-state index in [0.29, 0.717) is 5.41 Å². The molecule has 16 heavy (non-hydrogen) atoms. The zero-order valence-electron chi connectivity index (χ0n) is 11.2. The van der Waals surface area contributed by atoms with Gasteiger partial charge in [-0.1, -0.05) is 20.8 Å². The molecule has 1 atom stereocenters. The average Bonchev–Trinajstić information content (AvgIpc) is 2.42. The maximum absolute atomic E-state index is 6.18. The van der Waals surface area contributed by atoms with E-state index in [-0.39, 0.29) is 6.04 Å². The molecule has 1 unspecified atom stereocenters. The summed E-state index contributed by atoms with van der Waals surface area (Å²) in [6.07, 6.45) is 1.97. The van der Waals surface area contributed by atoms with E-state index >= 15 is 0 Å². The Kier molecular flexibility index (Phi) is 4.14. The van der Waals surface area contributed by atoms with Gasteiger partial charge in [0.05, 0.1) is 5.69 Å². The second-order valence-electron chi connectivity index (χ2n) is 5.82. The highest BCUT2D eigenvalue weighted by molar-refractivity contribution is 5.10. The van der Waals surface area contributed by atoms with Gasteiger partial charge in [-0.2, -0.15) is 5.10 Å². The molecule has 0 aliphatic carbocycles. The lowest BCUT2D eigenvalue weighted by Crippen LogP contribution is -2.29. The van der Waals surface area contributed by atoms with E-state index in [9.17, 15) is 0 Å². The van der Waals surface area contributed by atoms with E-state index in [1.165, 1.54) is 5.69 Å². The van der Waals surface area contributed by atoms with Crippen molar-refractivity contribution in [2.45, 2.75) is 60.0 Å². The molecule has 0 spiro atoms. The second kappa shape index (κ2) is 5.00. The third-order valence-electron chi connectivity index (χ3n) is 2.63. The van der Waals surface area contributed by atoms with Gasteiger partial charge >= 0.3 is 0 Å². The van der Waals surface area contributed by atoms with Gasteiger partial charge in [0.15, 0.2) is 0 Å². The fourth-order valence-electron chi connectivity index (χ4n) is 2.16. The second-order valence-corrected chi connectivity index (χ2v) is 5.82. The lowest BCUT2D eigenvalue weighted by molar-refractivity contribution is 0.335. The van der Waals surface area contributed by atoms with Crippen LogP contribution in [0.1, 0.15) is 45.5 Å². The SMILES string of the molecule is CCn1nc(C)cc1CC(N)CC(C)(C)C. The van der Waals surface area contributed by atoms with Crippen molar-refractivity contribution in [3.8, 4) is 0 Å². The molecule has 0 aromatic carbocycles. The first kappa shape index (κ1) is 13.2. The Hall–Kier alpha value is -0.830. The van der Waals surface area contributed by atoms with Crippen molar-refractivity contribution in [1.82, 2.24) is 9.78 Å². The van der Waals surface area contributed by atoms with Crippen molar-refractivity contribution in [3.05, 3.63) is 17.5 Å². The van der Waals surface area contributed by atoms with Crippen LogP contribution in [0.3, 0.4) is 0 Å². The molecule has 0 bridgehead atoms. The normalized spacial score (nSPS) is 14.1. The minimum atomic E-state index is 0.224. The summed E-state index contributed by atoms with van der Waals surface area (Å²) in [7, 11) is 0. The van der Waals surface area contributed by atoms with Crippen molar-refractivity contribution < 1.29 is 0 Å². The molecule has 92 valence electrons. The molecule has 1 aromatic heterocycles. The van der Waals surface area contributed by atoms with Crippen LogP contribution in [-0.2, 0) is 13.0 Å². The summed E-state index contributed by atoms with van der Waals surface area (Å²) in [4.78, 5) is 0. The molecule has 0 saturated carbocycles. The maximum Gasteiger partial charge on any atom is 0.0596 e. The number of hydrogen-bond acceptors (Lipinski definition) is 2. The van der Waals surface area contributed by atoms with Gasteiger partial charge in [-0.25, -0.2) is 0 Å². The van der Waals surface area contributed by atoms with Crippen molar-refractivity contribution in [3.63, 3.8) is 0 Å². The zero-order chi connectivity index (χ0) is 12.3. The van der Waals surface area contributed by atoms with E-state index in [1.54, 1.807) is 0 Å². The molecule has 1 rings (SSSR count). The molecule has 1 heterocycles. The Morgan fingerprint density at radius 1 is 1.44 bits per heavy atom. The van der Waals surface area contributed by atoms with Crippen LogP contribution in [0.2, 0.25) is 0 Å². The van der Waals surface area contributed by atoms with Crippen LogP contribution in [0.15, 0.2) is 6.07 Å². The van der Waals surface area contributed by atoms with Gasteiger partial charge < -0.3 is 5.73 Å². The van der Waals surface area contributed by atoms with Crippen LogP contribution in [0.25, 0.3) is 0 Å². The fourth-order valence-corrected chi connectivity index (χ4v) is 2.16. The largest absolute Gasteiger partial charge is 0.327 e. The van der Waals surface area contributed by atoms with Gasteiger partial charge in [0.1, 0.15) is 0 Å². The Labute approximate surface area is 99.0 Å². The number of nitrogens with two attached hydrogens (primary N) is 1. The summed E-state index contributed by atoms with van der Waals surface area (Å²) < 4.78 is 2.05. The van der Waals surface area contributed by atoms with Crippen molar-refractivity contribution >= 4 is 0 Å². The molecule has 0 aliphatic heterocycles. The monoisotopic (exact) mass is 223 g/mol. The predicted molar refractivity (Wildman–Crippen MR) is 68.4 cm³/mol. The lowest BCUT2D eigenvalue weighted by Gasteiger charge is -2.23. The Bertz CT molecular complexity index is 333. The zero-order valence-corrected chi connectivity index (χ0v) is 11.2. The van der Waals surface area contributed by atoms with Crippen LogP contribution in [0.4, 0.5) is 0 Å². The van der Waals surface area contributed by atoms with Crippen LogP contribution in [-0.4, -0.2) is 15.8 Å². The van der Waals surface area contributed by atoms with Gasteiger partial charge in [0.2, 0.25) is 0 Å². The first-order valence-electron chi connectivity index (χ1n) is 6.10. The Morgan fingerprint density at radius 3 is 2.56 bits per heavy atom. The first-order valence-corrected chi connectivity index (χ1v) is 6.10. The molecule has 0 amide bonds. The maximum atomic E-state index is 6.18. The van der Waals surface area contributed by atoms with E-state index in [0.717, 1.165) is 25.1 Å². The summed E-state index contributed by atoms with van der Waals surface area (Å²) in [5.41, 5.74) is 8.82. The Balaban J connectivity index is 2.65. The number of nitrogens with zero attached hydrogens (tertiary/aromatic N) is 2. The molecule has 3 nitrogen and oxygen atoms in total. The van der Waals surface area contributed by atoms with Crippen LogP contribution >= 0.6 is 0 Å². The third kappa shape index (κ3) is 3.97. The van der Waals surface area contributed by atoms with Crippen LogP contribution < -0.4 is 5.73 Å². The number of aromatic nitrogens is 2. The summed E-state index contributed by atoms with van der Waals surface area (Å²) >= 11 is 0. The summed E-state index contributed by atoms with van der Waals surface area (Å²) in [5, 5.41) is 4.44. The van der Waals surface area contributed by atoms with Crippen molar-refractivity contribution in [1.29, 1.82) is 0 Å². The van der Waals surface area contributed by atoms with E-state index < -0.39 is 0 Å². The summed E-state index contributed by atoms with van der Waals surface area (Å²) in [6, 6.07) is 2.37. The number of rotatable bonds is 4. The quantitative estimate of drug-likeness (QED) is 0.852. The molecule has 0 fully saturated rings. The number of hydrogen-bond donors (Lipinski definition) is 1. The Morgan fingerprint density at radius 2 is 2.06 bits per heavy atom. The van der Waals surface area contributed by atoms with Gasteiger partial charge in [0, 0.05) is 24.7 Å². The fraction of sp³-hybridized carbons (Fsp3) is 0.769. The highest BCUT2D eigenvalue weighted by Crippen LogP contribution is 2.21. The molecule has 0 saturated heterocycles. The van der Waals surface area contributed by atoms with Crippen LogP contribution in [0, 0.1) is 12.3 Å². The molecular weight excluding hydrogens is 198 g/mol. The van der Waals surface area contributed by atoms with E-state index in [2.05, 4.69) is 43.5 Å². The van der Waals surface area contributed by atoms with E-state index in [4.69, 9.17) is 5.73 Å². The highest BCUT2D eigenvalue weighted by atomic mass is 15.3. The first-order chi connectivity index (χ1) is 7.31. The topological polar surface area (TPSA) is 43.8 Å². The summed E-state index contributed by atoms with van der Waals surface area (Å²) in [5.74, 6) is 0. The minimum absolute atomic E-state index is 0.224. The molecular formula is C13H25N3. The molecule has 0 aliphatic rings. The third-order valence-corrected chi connectivity index (χ3v) is 2.63. The van der Waals surface area contributed by atoms with E-state index in [1.807, 2.05) is 6.92 Å². The molecule has 1 aromatic rings. The van der Waals surface area contributed by atoms with Gasteiger partial charge in [-0.3, -0.25) is 4.68 Å². The molecule has 0 radical (unpaired) electrons. The van der Waals surface area contributed by atoms with Crippen LogP contribution in [0.5, 0.6) is 0 Å². The predicted octanol–water partition coefficient (Wildman–Crippen LogP) is 2.52.